The molecule has 2 rings (SSSR count). The summed E-state index contributed by atoms with van der Waals surface area (Å²) in [6.45, 7) is 0. The van der Waals surface area contributed by atoms with E-state index in [-0.39, 0.29) is 11.8 Å². The Hall–Kier alpha value is -0.390. The maximum absolute atomic E-state index is 11.9. The molecule has 1 aromatic carbocycles. The van der Waals surface area contributed by atoms with Crippen molar-refractivity contribution < 1.29 is 8.42 Å². The predicted octanol–water partition coefficient (Wildman–Crippen LogP) is 2.81. The van der Waals surface area contributed by atoms with Crippen molar-refractivity contribution in [3.63, 3.8) is 0 Å². The van der Waals surface area contributed by atoms with Crippen LogP contribution in [-0.2, 0) is 15.8 Å². The summed E-state index contributed by atoms with van der Waals surface area (Å²) in [4.78, 5) is 0. The van der Waals surface area contributed by atoms with Gasteiger partial charge in [-0.25, -0.2) is 13.1 Å². The van der Waals surface area contributed by atoms with E-state index in [1.165, 1.54) is 0 Å². The van der Waals surface area contributed by atoms with Gasteiger partial charge in [-0.15, -0.1) is 0 Å². The molecule has 1 aliphatic rings. The van der Waals surface area contributed by atoms with Gasteiger partial charge in [0.2, 0.25) is 10.0 Å². The summed E-state index contributed by atoms with van der Waals surface area (Å²) < 4.78 is 27.6. The second kappa shape index (κ2) is 5.50. The van der Waals surface area contributed by atoms with Crippen LogP contribution in [0.3, 0.4) is 0 Å². The van der Waals surface area contributed by atoms with E-state index in [1.807, 2.05) is 24.3 Å². The molecule has 1 aliphatic carbocycles. The number of nitrogens with one attached hydrogen (secondary N) is 1. The van der Waals surface area contributed by atoms with Gasteiger partial charge in [0.1, 0.15) is 0 Å². The van der Waals surface area contributed by atoms with Crippen LogP contribution in [-0.4, -0.2) is 14.5 Å². The van der Waals surface area contributed by atoms with Crippen molar-refractivity contribution in [2.24, 2.45) is 0 Å². The van der Waals surface area contributed by atoms with Crippen LogP contribution in [0.5, 0.6) is 0 Å². The third kappa shape index (κ3) is 4.08. The minimum atomic E-state index is -3.20. The molecule has 0 aromatic heterocycles. The topological polar surface area (TPSA) is 46.2 Å². The number of hydrogen-bond donors (Lipinski definition) is 1. The van der Waals surface area contributed by atoms with E-state index in [9.17, 15) is 8.42 Å². The van der Waals surface area contributed by atoms with Crippen LogP contribution in [0.15, 0.2) is 28.7 Å². The van der Waals surface area contributed by atoms with Gasteiger partial charge in [-0.05, 0) is 30.5 Å². The Morgan fingerprint density at radius 2 is 1.76 bits per heavy atom. The van der Waals surface area contributed by atoms with Gasteiger partial charge in [0.25, 0.3) is 0 Å². The largest absolute Gasteiger partial charge is 0.216 e. The van der Waals surface area contributed by atoms with E-state index >= 15 is 0 Å². The zero-order chi connectivity index (χ0) is 12.3. The van der Waals surface area contributed by atoms with Crippen molar-refractivity contribution in [3.05, 3.63) is 34.3 Å². The average Bonchev–Trinajstić information content (AvgIpc) is 2.73. The lowest BCUT2D eigenvalue weighted by molar-refractivity contribution is 0.551. The number of halogens is 1. The molecule has 0 radical (unpaired) electrons. The number of sulfonamides is 1. The molecule has 1 fully saturated rings. The summed E-state index contributed by atoms with van der Waals surface area (Å²) in [5, 5.41) is 0. The molecule has 0 amide bonds. The zero-order valence-corrected chi connectivity index (χ0v) is 11.9. The summed E-state index contributed by atoms with van der Waals surface area (Å²) in [5.41, 5.74) is 0.818. The molecule has 0 heterocycles. The molecule has 0 bridgehead atoms. The lowest BCUT2D eigenvalue weighted by Crippen LogP contribution is -2.33. The molecule has 0 atom stereocenters. The van der Waals surface area contributed by atoms with Gasteiger partial charge < -0.3 is 0 Å². The number of hydrogen-bond acceptors (Lipinski definition) is 2. The third-order valence-corrected chi connectivity index (χ3v) is 4.91. The van der Waals surface area contributed by atoms with Gasteiger partial charge in [-0.3, -0.25) is 0 Å². The molecule has 94 valence electrons. The molecule has 0 spiro atoms. The van der Waals surface area contributed by atoms with Crippen molar-refractivity contribution >= 4 is 26.0 Å². The molecule has 1 aromatic rings. The van der Waals surface area contributed by atoms with Crippen LogP contribution in [0.1, 0.15) is 31.2 Å². The standard InChI is InChI=1S/C12H16BrNO2S/c13-11-7-5-10(6-8-11)9-17(15,16)14-12-3-1-2-4-12/h5-8,12,14H,1-4,9H2. The Morgan fingerprint density at radius 3 is 2.35 bits per heavy atom. The summed E-state index contributed by atoms with van der Waals surface area (Å²) in [6, 6.07) is 7.53. The molecular formula is C12H16BrNO2S. The minimum absolute atomic E-state index is 0.0662. The SMILES string of the molecule is O=S(=O)(Cc1ccc(Br)cc1)NC1CCCC1. The monoisotopic (exact) mass is 317 g/mol. The first kappa shape index (κ1) is 13.1. The number of benzene rings is 1. The van der Waals surface area contributed by atoms with Crippen molar-refractivity contribution in [2.75, 3.05) is 0 Å². The van der Waals surface area contributed by atoms with E-state index in [1.54, 1.807) is 0 Å². The molecule has 17 heavy (non-hydrogen) atoms. The highest BCUT2D eigenvalue weighted by Crippen LogP contribution is 2.19. The van der Waals surface area contributed by atoms with Crippen LogP contribution in [0.4, 0.5) is 0 Å². The van der Waals surface area contributed by atoms with E-state index in [0.717, 1.165) is 35.7 Å². The highest BCUT2D eigenvalue weighted by atomic mass is 79.9. The smallest absolute Gasteiger partial charge is 0.212 e. The van der Waals surface area contributed by atoms with Crippen LogP contribution in [0.25, 0.3) is 0 Å². The zero-order valence-electron chi connectivity index (χ0n) is 9.52. The molecule has 0 saturated heterocycles. The highest BCUT2D eigenvalue weighted by molar-refractivity contribution is 9.10. The molecule has 5 heteroatoms. The van der Waals surface area contributed by atoms with Gasteiger partial charge >= 0.3 is 0 Å². The van der Waals surface area contributed by atoms with Gasteiger partial charge in [0, 0.05) is 10.5 Å². The average molecular weight is 318 g/mol. The summed E-state index contributed by atoms with van der Waals surface area (Å²) in [6.07, 6.45) is 4.20. The van der Waals surface area contributed by atoms with Crippen LogP contribution in [0.2, 0.25) is 0 Å². The second-order valence-electron chi connectivity index (χ2n) is 4.48. The molecule has 1 N–H and O–H groups in total. The van der Waals surface area contributed by atoms with E-state index in [4.69, 9.17) is 0 Å². The maximum atomic E-state index is 11.9. The first-order chi connectivity index (χ1) is 8.05. The van der Waals surface area contributed by atoms with Gasteiger partial charge in [0.05, 0.1) is 5.75 Å². The molecular weight excluding hydrogens is 302 g/mol. The maximum Gasteiger partial charge on any atom is 0.216 e. The first-order valence-electron chi connectivity index (χ1n) is 5.80. The van der Waals surface area contributed by atoms with E-state index in [0.29, 0.717) is 0 Å². The fourth-order valence-corrected chi connectivity index (χ4v) is 3.86. The van der Waals surface area contributed by atoms with Gasteiger partial charge in [-0.1, -0.05) is 40.9 Å². The van der Waals surface area contributed by atoms with Crippen molar-refractivity contribution in [1.82, 2.24) is 4.72 Å². The quantitative estimate of drug-likeness (QED) is 0.928. The highest BCUT2D eigenvalue weighted by Gasteiger charge is 2.21. The van der Waals surface area contributed by atoms with Gasteiger partial charge in [-0.2, -0.15) is 0 Å². The fourth-order valence-electron chi connectivity index (χ4n) is 2.14. The van der Waals surface area contributed by atoms with Crippen LogP contribution in [0, 0.1) is 0 Å². The van der Waals surface area contributed by atoms with E-state index in [2.05, 4.69) is 20.7 Å². The Balaban J connectivity index is 1.98. The number of rotatable bonds is 4. The molecule has 1 saturated carbocycles. The Kier molecular flexibility index (Phi) is 4.22. The Bertz CT molecular complexity index is 464. The van der Waals surface area contributed by atoms with Crippen LogP contribution < -0.4 is 4.72 Å². The summed E-state index contributed by atoms with van der Waals surface area (Å²) >= 11 is 3.33. The lowest BCUT2D eigenvalue weighted by Gasteiger charge is -2.12. The molecule has 3 nitrogen and oxygen atoms in total. The van der Waals surface area contributed by atoms with Crippen molar-refractivity contribution in [2.45, 2.75) is 37.5 Å². The van der Waals surface area contributed by atoms with Crippen molar-refractivity contribution in [3.8, 4) is 0 Å². The van der Waals surface area contributed by atoms with Gasteiger partial charge in [0.15, 0.2) is 0 Å². The van der Waals surface area contributed by atoms with E-state index < -0.39 is 10.0 Å². The fraction of sp³-hybridized carbons (Fsp3) is 0.500. The Labute approximate surface area is 111 Å². The lowest BCUT2D eigenvalue weighted by atomic mass is 10.2. The van der Waals surface area contributed by atoms with Crippen molar-refractivity contribution in [1.29, 1.82) is 0 Å². The third-order valence-electron chi connectivity index (χ3n) is 2.97. The second-order valence-corrected chi connectivity index (χ2v) is 7.15. The first-order valence-corrected chi connectivity index (χ1v) is 8.24. The normalized spacial score (nSPS) is 17.5. The molecule has 0 unspecified atom stereocenters. The summed E-state index contributed by atoms with van der Waals surface area (Å²) in [5.74, 6) is 0.0662. The molecule has 0 aliphatic heterocycles. The summed E-state index contributed by atoms with van der Waals surface area (Å²) in [7, 11) is -3.20. The Morgan fingerprint density at radius 1 is 1.18 bits per heavy atom. The predicted molar refractivity (Wildman–Crippen MR) is 72.2 cm³/mol. The van der Waals surface area contributed by atoms with Crippen LogP contribution >= 0.6 is 15.9 Å². The minimum Gasteiger partial charge on any atom is -0.212 e.